The Bertz CT molecular complexity index is 624. The molecular formula is C15H15F6NO2. The predicted molar refractivity (Wildman–Crippen MR) is 73.4 cm³/mol. The van der Waals surface area contributed by atoms with Crippen molar-refractivity contribution < 1.29 is 36.2 Å². The van der Waals surface area contributed by atoms with Gasteiger partial charge in [0.05, 0.1) is 0 Å². The maximum absolute atomic E-state index is 13.0. The highest BCUT2D eigenvalue weighted by atomic mass is 19.4. The largest absolute Gasteiger partial charge is 0.430 e. The van der Waals surface area contributed by atoms with E-state index in [2.05, 4.69) is 0 Å². The van der Waals surface area contributed by atoms with E-state index in [-0.39, 0.29) is 23.6 Å². The SMILES string of the molecule is CC(=O)N1CCCCc2cc(C(O)(C(F)(F)F)C(F)(F)F)ccc21. The molecule has 0 bridgehead atoms. The van der Waals surface area contributed by atoms with E-state index in [1.807, 2.05) is 0 Å². The Labute approximate surface area is 133 Å². The number of nitrogens with zero attached hydrogens (tertiary/aromatic N) is 1. The third-order valence-electron chi connectivity index (χ3n) is 4.07. The summed E-state index contributed by atoms with van der Waals surface area (Å²) in [6, 6.07) is 2.29. The fraction of sp³-hybridized carbons (Fsp3) is 0.533. The molecule has 9 heteroatoms. The first kappa shape index (κ1) is 18.6. The van der Waals surface area contributed by atoms with Crippen molar-refractivity contribution in [3.05, 3.63) is 29.3 Å². The number of hydrogen-bond acceptors (Lipinski definition) is 2. The van der Waals surface area contributed by atoms with Gasteiger partial charge in [0, 0.05) is 24.7 Å². The topological polar surface area (TPSA) is 40.5 Å². The summed E-state index contributed by atoms with van der Waals surface area (Å²) in [6.07, 6.45) is -10.5. The lowest BCUT2D eigenvalue weighted by Crippen LogP contribution is -2.54. The van der Waals surface area contributed by atoms with E-state index < -0.39 is 23.5 Å². The molecule has 0 fully saturated rings. The Morgan fingerprint density at radius 1 is 1.08 bits per heavy atom. The normalized spacial score (nSPS) is 16.6. The van der Waals surface area contributed by atoms with Gasteiger partial charge in [0.1, 0.15) is 0 Å². The molecular weight excluding hydrogens is 340 g/mol. The molecule has 1 aromatic carbocycles. The maximum atomic E-state index is 13.0. The van der Waals surface area contributed by atoms with Crippen LogP contribution in [0.2, 0.25) is 0 Å². The summed E-state index contributed by atoms with van der Waals surface area (Å²) in [5, 5.41) is 9.47. The molecule has 1 amide bonds. The number of fused-ring (bicyclic) bond motifs is 1. The van der Waals surface area contributed by atoms with Gasteiger partial charge in [-0.25, -0.2) is 0 Å². The molecule has 1 heterocycles. The van der Waals surface area contributed by atoms with Crippen molar-refractivity contribution in [3.63, 3.8) is 0 Å². The fourth-order valence-electron chi connectivity index (χ4n) is 2.80. The van der Waals surface area contributed by atoms with Crippen LogP contribution in [0.3, 0.4) is 0 Å². The van der Waals surface area contributed by atoms with Crippen LogP contribution in [0.1, 0.15) is 30.9 Å². The summed E-state index contributed by atoms with van der Waals surface area (Å²) < 4.78 is 77.8. The van der Waals surface area contributed by atoms with E-state index in [1.54, 1.807) is 0 Å². The first-order chi connectivity index (χ1) is 10.9. The van der Waals surface area contributed by atoms with Gasteiger partial charge < -0.3 is 10.0 Å². The summed E-state index contributed by atoms with van der Waals surface area (Å²) in [7, 11) is 0. The molecule has 2 rings (SSSR count). The quantitative estimate of drug-likeness (QED) is 0.781. The summed E-state index contributed by atoms with van der Waals surface area (Å²) in [5.74, 6) is -0.354. The number of anilines is 1. The second-order valence-electron chi connectivity index (χ2n) is 5.68. The van der Waals surface area contributed by atoms with E-state index in [4.69, 9.17) is 0 Å². The molecule has 24 heavy (non-hydrogen) atoms. The van der Waals surface area contributed by atoms with E-state index in [0.717, 1.165) is 6.07 Å². The lowest BCUT2D eigenvalue weighted by molar-refractivity contribution is -0.376. The van der Waals surface area contributed by atoms with Crippen LogP contribution in [0, 0.1) is 0 Å². The smallest absolute Gasteiger partial charge is 0.369 e. The van der Waals surface area contributed by atoms with Gasteiger partial charge in [-0.05, 0) is 30.9 Å². The van der Waals surface area contributed by atoms with E-state index >= 15 is 0 Å². The number of amides is 1. The van der Waals surface area contributed by atoms with E-state index in [9.17, 15) is 36.2 Å². The molecule has 134 valence electrons. The third-order valence-corrected chi connectivity index (χ3v) is 4.07. The van der Waals surface area contributed by atoms with Crippen LogP contribution in [0.4, 0.5) is 32.0 Å². The molecule has 0 unspecified atom stereocenters. The number of rotatable bonds is 1. The zero-order valence-electron chi connectivity index (χ0n) is 12.6. The number of carbonyl (C=O) groups is 1. The minimum atomic E-state index is -5.93. The molecule has 0 spiro atoms. The molecule has 0 aliphatic carbocycles. The molecule has 0 aromatic heterocycles. The van der Waals surface area contributed by atoms with E-state index in [0.29, 0.717) is 31.5 Å². The number of benzene rings is 1. The van der Waals surface area contributed by atoms with Crippen LogP contribution in [0.25, 0.3) is 0 Å². The van der Waals surface area contributed by atoms with Gasteiger partial charge in [0.15, 0.2) is 0 Å². The van der Waals surface area contributed by atoms with Gasteiger partial charge in [0.25, 0.3) is 5.60 Å². The summed E-state index contributed by atoms with van der Waals surface area (Å²) in [6.45, 7) is 1.61. The van der Waals surface area contributed by atoms with Crippen molar-refractivity contribution in [1.82, 2.24) is 0 Å². The molecule has 3 nitrogen and oxygen atoms in total. The highest BCUT2D eigenvalue weighted by molar-refractivity contribution is 5.92. The molecule has 0 atom stereocenters. The number of alkyl halides is 6. The van der Waals surface area contributed by atoms with Crippen LogP contribution in [0.15, 0.2) is 18.2 Å². The number of halogens is 6. The minimum absolute atomic E-state index is 0.173. The van der Waals surface area contributed by atoms with Gasteiger partial charge in [-0.15, -0.1) is 0 Å². The molecule has 1 N–H and O–H groups in total. The average Bonchev–Trinajstić information content (AvgIpc) is 2.65. The fourth-order valence-corrected chi connectivity index (χ4v) is 2.80. The van der Waals surface area contributed by atoms with E-state index in [1.165, 1.54) is 11.8 Å². The van der Waals surface area contributed by atoms with Crippen LogP contribution in [-0.2, 0) is 16.8 Å². The molecule has 1 aliphatic heterocycles. The lowest BCUT2D eigenvalue weighted by Gasteiger charge is -2.33. The molecule has 1 aromatic rings. The van der Waals surface area contributed by atoms with Crippen molar-refractivity contribution in [3.8, 4) is 0 Å². The van der Waals surface area contributed by atoms with Crippen molar-refractivity contribution in [2.45, 2.75) is 44.1 Å². The third kappa shape index (κ3) is 2.97. The van der Waals surface area contributed by atoms with Gasteiger partial charge in [-0.3, -0.25) is 4.79 Å². The summed E-state index contributed by atoms with van der Waals surface area (Å²) in [5.41, 5.74) is -5.81. The molecule has 0 radical (unpaired) electrons. The standard InChI is InChI=1S/C15H15F6NO2/c1-9(23)22-7-3-2-4-10-8-11(5-6-12(10)22)13(24,14(16,17)18)15(19,20)21/h5-6,8,24H,2-4,7H2,1H3. The molecule has 0 saturated heterocycles. The monoisotopic (exact) mass is 355 g/mol. The molecule has 1 aliphatic rings. The zero-order chi connectivity index (χ0) is 18.3. The highest BCUT2D eigenvalue weighted by Crippen LogP contribution is 2.50. The number of carbonyl (C=O) groups excluding carboxylic acids is 1. The number of hydrogen-bond donors (Lipinski definition) is 1. The first-order valence-electron chi connectivity index (χ1n) is 7.17. The highest BCUT2D eigenvalue weighted by Gasteiger charge is 2.71. The Morgan fingerprint density at radius 2 is 1.67 bits per heavy atom. The number of aryl methyl sites for hydroxylation is 1. The minimum Gasteiger partial charge on any atom is -0.369 e. The van der Waals surface area contributed by atoms with Crippen molar-refractivity contribution in [2.24, 2.45) is 0 Å². The Balaban J connectivity index is 2.61. The van der Waals surface area contributed by atoms with Gasteiger partial charge in [-0.1, -0.05) is 12.1 Å². The molecule has 0 saturated carbocycles. The summed E-state index contributed by atoms with van der Waals surface area (Å²) >= 11 is 0. The zero-order valence-corrected chi connectivity index (χ0v) is 12.6. The van der Waals surface area contributed by atoms with Crippen LogP contribution in [-0.4, -0.2) is 29.9 Å². The predicted octanol–water partition coefficient (Wildman–Crippen LogP) is 3.69. The number of aliphatic hydroxyl groups is 1. The van der Waals surface area contributed by atoms with Crippen molar-refractivity contribution >= 4 is 11.6 Å². The summed E-state index contributed by atoms with van der Waals surface area (Å²) in [4.78, 5) is 12.9. The van der Waals surface area contributed by atoms with Crippen LogP contribution < -0.4 is 4.90 Å². The second kappa shape index (κ2) is 5.94. The Morgan fingerprint density at radius 3 is 2.17 bits per heavy atom. The lowest BCUT2D eigenvalue weighted by atomic mass is 9.89. The van der Waals surface area contributed by atoms with Gasteiger partial charge in [0.2, 0.25) is 5.91 Å². The average molecular weight is 355 g/mol. The van der Waals surface area contributed by atoms with Crippen LogP contribution in [0.5, 0.6) is 0 Å². The first-order valence-corrected chi connectivity index (χ1v) is 7.17. The Kier molecular flexibility index (Phi) is 4.60. The maximum Gasteiger partial charge on any atom is 0.430 e. The Hall–Kier alpha value is -1.77. The van der Waals surface area contributed by atoms with Crippen molar-refractivity contribution in [1.29, 1.82) is 0 Å². The van der Waals surface area contributed by atoms with Crippen LogP contribution >= 0.6 is 0 Å². The second-order valence-corrected chi connectivity index (χ2v) is 5.68. The van der Waals surface area contributed by atoms with Gasteiger partial charge in [-0.2, -0.15) is 26.3 Å². The van der Waals surface area contributed by atoms with Crippen molar-refractivity contribution in [2.75, 3.05) is 11.4 Å². The van der Waals surface area contributed by atoms with Gasteiger partial charge >= 0.3 is 12.4 Å².